The number of carbonyl (C=O) groups is 1. The van der Waals surface area contributed by atoms with Crippen molar-refractivity contribution in [3.8, 4) is 0 Å². The van der Waals surface area contributed by atoms with Crippen molar-refractivity contribution in [2.24, 2.45) is 5.73 Å². The normalized spacial score (nSPS) is 12.9. The number of imidazole rings is 1. The molecule has 78 valence electrons. The van der Waals surface area contributed by atoms with Crippen molar-refractivity contribution in [1.29, 1.82) is 0 Å². The van der Waals surface area contributed by atoms with Crippen molar-refractivity contribution in [2.75, 3.05) is 0 Å². The molecular formula is C11H13N3O. The Hall–Kier alpha value is -1.84. The predicted octanol–water partition coefficient (Wildman–Crippen LogP) is 1.54. The van der Waals surface area contributed by atoms with Gasteiger partial charge in [-0.15, -0.1) is 0 Å². The Morgan fingerprint density at radius 2 is 2.40 bits per heavy atom. The van der Waals surface area contributed by atoms with E-state index in [1.54, 1.807) is 6.33 Å². The van der Waals surface area contributed by atoms with Crippen molar-refractivity contribution >= 4 is 16.9 Å². The number of rotatable bonds is 3. The van der Waals surface area contributed by atoms with E-state index in [0.717, 1.165) is 16.6 Å². The molecule has 2 aromatic rings. The van der Waals surface area contributed by atoms with E-state index in [0.29, 0.717) is 6.42 Å². The second-order valence-corrected chi connectivity index (χ2v) is 3.51. The van der Waals surface area contributed by atoms with Gasteiger partial charge in [0.2, 0.25) is 5.91 Å². The molecule has 0 aliphatic carbocycles. The lowest BCUT2D eigenvalue weighted by Gasteiger charge is -2.11. The quantitative estimate of drug-likeness (QED) is 0.794. The van der Waals surface area contributed by atoms with Gasteiger partial charge < -0.3 is 10.7 Å². The van der Waals surface area contributed by atoms with E-state index >= 15 is 0 Å². The third-order valence-electron chi connectivity index (χ3n) is 2.61. The van der Waals surface area contributed by atoms with Crippen molar-refractivity contribution in [3.05, 3.63) is 30.1 Å². The Kier molecular flexibility index (Phi) is 2.41. The zero-order chi connectivity index (χ0) is 10.8. The van der Waals surface area contributed by atoms with Gasteiger partial charge in [-0.05, 0) is 18.1 Å². The highest BCUT2D eigenvalue weighted by molar-refractivity contribution is 5.88. The third-order valence-corrected chi connectivity index (χ3v) is 2.61. The Morgan fingerprint density at radius 1 is 1.60 bits per heavy atom. The zero-order valence-electron chi connectivity index (χ0n) is 8.53. The van der Waals surface area contributed by atoms with Gasteiger partial charge in [0.15, 0.2) is 0 Å². The van der Waals surface area contributed by atoms with Gasteiger partial charge in [-0.25, -0.2) is 4.98 Å². The standard InChI is InChI=1S/C11H13N3O/c1-2-7(11(12)15)8-4-3-5-9-10(8)14-6-13-9/h3-7H,2H2,1H3,(H2,12,15)(H,13,14). The fourth-order valence-corrected chi connectivity index (χ4v) is 1.84. The first-order chi connectivity index (χ1) is 7.24. The highest BCUT2D eigenvalue weighted by Crippen LogP contribution is 2.25. The van der Waals surface area contributed by atoms with E-state index < -0.39 is 0 Å². The number of aromatic amines is 1. The molecule has 0 radical (unpaired) electrons. The van der Waals surface area contributed by atoms with Crippen LogP contribution in [0, 0.1) is 0 Å². The lowest BCUT2D eigenvalue weighted by molar-refractivity contribution is -0.119. The number of fused-ring (bicyclic) bond motifs is 1. The predicted molar refractivity (Wildman–Crippen MR) is 58.3 cm³/mol. The molecule has 1 heterocycles. The van der Waals surface area contributed by atoms with E-state index in [1.165, 1.54) is 0 Å². The van der Waals surface area contributed by atoms with Crippen molar-refractivity contribution < 1.29 is 4.79 Å². The zero-order valence-corrected chi connectivity index (χ0v) is 8.53. The molecule has 4 nitrogen and oxygen atoms in total. The van der Waals surface area contributed by atoms with Crippen LogP contribution in [-0.4, -0.2) is 15.9 Å². The van der Waals surface area contributed by atoms with Gasteiger partial charge in [-0.2, -0.15) is 0 Å². The lowest BCUT2D eigenvalue weighted by Crippen LogP contribution is -2.20. The molecule has 1 unspecified atom stereocenters. The first-order valence-electron chi connectivity index (χ1n) is 4.95. The van der Waals surface area contributed by atoms with E-state index in [4.69, 9.17) is 5.73 Å². The average Bonchev–Trinajstić information content (AvgIpc) is 2.66. The third kappa shape index (κ3) is 1.58. The topological polar surface area (TPSA) is 71.8 Å². The molecule has 1 atom stereocenters. The number of nitrogens with one attached hydrogen (secondary N) is 1. The minimum Gasteiger partial charge on any atom is -0.369 e. The number of carbonyl (C=O) groups excluding carboxylic acids is 1. The van der Waals surface area contributed by atoms with Crippen LogP contribution >= 0.6 is 0 Å². The molecule has 15 heavy (non-hydrogen) atoms. The minimum atomic E-state index is -0.298. The smallest absolute Gasteiger partial charge is 0.225 e. The van der Waals surface area contributed by atoms with Crippen LogP contribution < -0.4 is 5.73 Å². The fourth-order valence-electron chi connectivity index (χ4n) is 1.84. The summed E-state index contributed by atoms with van der Waals surface area (Å²) in [5.41, 5.74) is 8.04. The van der Waals surface area contributed by atoms with Gasteiger partial charge >= 0.3 is 0 Å². The molecule has 0 spiro atoms. The van der Waals surface area contributed by atoms with Crippen molar-refractivity contribution in [2.45, 2.75) is 19.3 Å². The van der Waals surface area contributed by atoms with Crippen molar-refractivity contribution in [3.63, 3.8) is 0 Å². The molecule has 0 aliphatic rings. The van der Waals surface area contributed by atoms with E-state index in [9.17, 15) is 4.79 Å². The summed E-state index contributed by atoms with van der Waals surface area (Å²) in [7, 11) is 0. The lowest BCUT2D eigenvalue weighted by atomic mass is 9.95. The summed E-state index contributed by atoms with van der Waals surface area (Å²) < 4.78 is 0. The molecule has 0 aliphatic heterocycles. The Morgan fingerprint density at radius 3 is 3.07 bits per heavy atom. The molecule has 4 heteroatoms. The number of H-pyrrole nitrogens is 1. The van der Waals surface area contributed by atoms with Crippen LogP contribution in [0.15, 0.2) is 24.5 Å². The van der Waals surface area contributed by atoms with Gasteiger partial charge in [0.1, 0.15) is 0 Å². The average molecular weight is 203 g/mol. The number of aromatic nitrogens is 2. The van der Waals surface area contributed by atoms with Crippen LogP contribution in [-0.2, 0) is 4.79 Å². The number of benzene rings is 1. The number of primary amides is 1. The summed E-state index contributed by atoms with van der Waals surface area (Å²) in [4.78, 5) is 18.5. The first-order valence-corrected chi connectivity index (χ1v) is 4.95. The second kappa shape index (κ2) is 3.73. The maximum absolute atomic E-state index is 11.3. The Labute approximate surface area is 87.5 Å². The molecule has 1 aromatic carbocycles. The highest BCUT2D eigenvalue weighted by Gasteiger charge is 2.18. The largest absolute Gasteiger partial charge is 0.369 e. The van der Waals surface area contributed by atoms with Crippen LogP contribution in [0.2, 0.25) is 0 Å². The van der Waals surface area contributed by atoms with E-state index in [-0.39, 0.29) is 11.8 Å². The monoisotopic (exact) mass is 203 g/mol. The van der Waals surface area contributed by atoms with Gasteiger partial charge in [0.25, 0.3) is 0 Å². The second-order valence-electron chi connectivity index (χ2n) is 3.51. The maximum atomic E-state index is 11.3. The number of nitrogens with zero attached hydrogens (tertiary/aromatic N) is 1. The first kappa shape index (κ1) is 9.71. The van der Waals surface area contributed by atoms with Crippen molar-refractivity contribution in [1.82, 2.24) is 9.97 Å². The number of para-hydroxylation sites is 1. The van der Waals surface area contributed by atoms with Crippen LogP contribution in [0.1, 0.15) is 24.8 Å². The molecule has 0 saturated heterocycles. The molecule has 0 saturated carbocycles. The molecule has 3 N–H and O–H groups in total. The van der Waals surface area contributed by atoms with Gasteiger partial charge in [-0.1, -0.05) is 19.1 Å². The molecule has 1 amide bonds. The fraction of sp³-hybridized carbons (Fsp3) is 0.273. The summed E-state index contributed by atoms with van der Waals surface area (Å²) >= 11 is 0. The van der Waals surface area contributed by atoms with Gasteiger partial charge in [0, 0.05) is 0 Å². The van der Waals surface area contributed by atoms with Gasteiger partial charge in [-0.3, -0.25) is 4.79 Å². The summed E-state index contributed by atoms with van der Waals surface area (Å²) in [5, 5.41) is 0. The molecule has 1 aromatic heterocycles. The van der Waals surface area contributed by atoms with Gasteiger partial charge in [0.05, 0.1) is 23.3 Å². The Bertz CT molecular complexity index is 489. The van der Waals surface area contributed by atoms with E-state index in [2.05, 4.69) is 9.97 Å². The summed E-state index contributed by atoms with van der Waals surface area (Å²) in [6.45, 7) is 1.95. The minimum absolute atomic E-state index is 0.253. The Balaban J connectivity index is 2.59. The number of hydrogen-bond acceptors (Lipinski definition) is 2. The summed E-state index contributed by atoms with van der Waals surface area (Å²) in [6, 6.07) is 5.74. The molecule has 0 bridgehead atoms. The highest BCUT2D eigenvalue weighted by atomic mass is 16.1. The van der Waals surface area contributed by atoms with Crippen LogP contribution in [0.4, 0.5) is 0 Å². The number of hydrogen-bond donors (Lipinski definition) is 2. The summed E-state index contributed by atoms with van der Waals surface area (Å²) in [5.74, 6) is -0.551. The number of amides is 1. The maximum Gasteiger partial charge on any atom is 0.225 e. The van der Waals surface area contributed by atoms with Crippen LogP contribution in [0.25, 0.3) is 11.0 Å². The SMILES string of the molecule is CCC(C(N)=O)c1cccc2[nH]cnc12. The van der Waals surface area contributed by atoms with Crippen LogP contribution in [0.3, 0.4) is 0 Å². The summed E-state index contributed by atoms with van der Waals surface area (Å²) in [6.07, 6.45) is 2.32. The number of nitrogens with two attached hydrogens (primary N) is 1. The molecular weight excluding hydrogens is 190 g/mol. The van der Waals surface area contributed by atoms with E-state index in [1.807, 2.05) is 25.1 Å². The molecule has 2 rings (SSSR count). The molecule has 0 fully saturated rings. The van der Waals surface area contributed by atoms with Crippen LogP contribution in [0.5, 0.6) is 0 Å².